The van der Waals surface area contributed by atoms with Crippen molar-refractivity contribution in [2.24, 2.45) is 0 Å². The Hall–Kier alpha value is -3.01. The van der Waals surface area contributed by atoms with Gasteiger partial charge in [-0.3, -0.25) is 14.9 Å². The van der Waals surface area contributed by atoms with Gasteiger partial charge in [-0.15, -0.1) is 5.10 Å². The van der Waals surface area contributed by atoms with Crippen molar-refractivity contribution in [3.8, 4) is 0 Å². The first-order valence-electron chi connectivity index (χ1n) is 8.05. The molecule has 1 aromatic carbocycles. The molecule has 0 radical (unpaired) electrons. The molecule has 0 atom stereocenters. The van der Waals surface area contributed by atoms with Crippen LogP contribution >= 0.6 is 11.8 Å². The quantitative estimate of drug-likeness (QED) is 0.275. The van der Waals surface area contributed by atoms with Crippen LogP contribution in [-0.2, 0) is 22.6 Å². The second kappa shape index (κ2) is 7.70. The zero-order valence-corrected chi connectivity index (χ0v) is 15.8. The molecule has 2 aromatic heterocycles. The summed E-state index contributed by atoms with van der Waals surface area (Å²) in [4.78, 5) is 31.3. The zero-order chi connectivity index (χ0) is 19.6. The number of nitro groups is 1. The van der Waals surface area contributed by atoms with Crippen molar-refractivity contribution in [1.29, 1.82) is 0 Å². The SMILES string of the molecule is CSc1nc2nc(C)c(CC(=O)OCc3cccc([N+](=O)[O-])c3)c(C)n2n1. The first-order valence-corrected chi connectivity index (χ1v) is 9.27. The van der Waals surface area contributed by atoms with Crippen molar-refractivity contribution in [3.05, 3.63) is 56.9 Å². The third-order valence-corrected chi connectivity index (χ3v) is 4.59. The molecule has 0 saturated heterocycles. The van der Waals surface area contributed by atoms with E-state index in [9.17, 15) is 14.9 Å². The van der Waals surface area contributed by atoms with Crippen LogP contribution in [0.15, 0.2) is 29.4 Å². The molecule has 0 spiro atoms. The van der Waals surface area contributed by atoms with Gasteiger partial charge < -0.3 is 4.74 Å². The summed E-state index contributed by atoms with van der Waals surface area (Å²) in [5.74, 6) is 0.0436. The molecule has 3 rings (SSSR count). The Labute approximate surface area is 158 Å². The number of aromatic nitrogens is 4. The minimum absolute atomic E-state index is 0.0317. The van der Waals surface area contributed by atoms with Crippen LogP contribution in [0.2, 0.25) is 0 Å². The van der Waals surface area contributed by atoms with Gasteiger partial charge in [0, 0.05) is 29.1 Å². The van der Waals surface area contributed by atoms with Gasteiger partial charge in [-0.05, 0) is 25.7 Å². The Kier molecular flexibility index (Phi) is 5.36. The van der Waals surface area contributed by atoms with E-state index in [0.29, 0.717) is 22.2 Å². The normalized spacial score (nSPS) is 10.9. The first-order chi connectivity index (χ1) is 12.9. The molecule has 0 fully saturated rings. The molecule has 0 unspecified atom stereocenters. The highest BCUT2D eigenvalue weighted by Crippen LogP contribution is 2.18. The van der Waals surface area contributed by atoms with Crippen molar-refractivity contribution >= 4 is 29.2 Å². The number of hydrogen-bond donors (Lipinski definition) is 0. The summed E-state index contributed by atoms with van der Waals surface area (Å²) in [6.45, 7) is 3.63. The van der Waals surface area contributed by atoms with Gasteiger partial charge >= 0.3 is 5.97 Å². The summed E-state index contributed by atoms with van der Waals surface area (Å²) >= 11 is 1.42. The van der Waals surface area contributed by atoms with E-state index in [4.69, 9.17) is 4.74 Å². The van der Waals surface area contributed by atoms with Crippen LogP contribution in [0.4, 0.5) is 5.69 Å². The largest absolute Gasteiger partial charge is 0.461 e. The van der Waals surface area contributed by atoms with E-state index in [1.54, 1.807) is 16.6 Å². The van der Waals surface area contributed by atoms with Crippen LogP contribution in [0.25, 0.3) is 5.78 Å². The smallest absolute Gasteiger partial charge is 0.310 e. The van der Waals surface area contributed by atoms with Crippen molar-refractivity contribution in [1.82, 2.24) is 19.6 Å². The number of hydrogen-bond acceptors (Lipinski definition) is 8. The van der Waals surface area contributed by atoms with E-state index in [1.165, 1.54) is 23.9 Å². The number of carbonyl (C=O) groups excluding carboxylic acids is 1. The fourth-order valence-corrected chi connectivity index (χ4v) is 2.99. The van der Waals surface area contributed by atoms with Crippen molar-refractivity contribution in [2.45, 2.75) is 32.0 Å². The summed E-state index contributed by atoms with van der Waals surface area (Å²) in [6.07, 6.45) is 1.91. The molecule has 9 nitrogen and oxygen atoms in total. The lowest BCUT2D eigenvalue weighted by Gasteiger charge is -2.10. The second-order valence-electron chi connectivity index (χ2n) is 5.84. The molecule has 0 bridgehead atoms. The molecule has 140 valence electrons. The van der Waals surface area contributed by atoms with Crippen LogP contribution in [0.5, 0.6) is 0 Å². The van der Waals surface area contributed by atoms with E-state index in [0.717, 1.165) is 11.3 Å². The predicted molar refractivity (Wildman–Crippen MR) is 98.6 cm³/mol. The van der Waals surface area contributed by atoms with Gasteiger partial charge in [0.2, 0.25) is 5.16 Å². The molecule has 3 aromatic rings. The maximum absolute atomic E-state index is 12.3. The molecule has 0 aliphatic rings. The third-order valence-electron chi connectivity index (χ3n) is 4.05. The van der Waals surface area contributed by atoms with Crippen LogP contribution in [0.1, 0.15) is 22.5 Å². The number of nitro benzene ring substituents is 1. The van der Waals surface area contributed by atoms with Gasteiger partial charge in [-0.2, -0.15) is 4.98 Å². The first kappa shape index (κ1) is 18.8. The van der Waals surface area contributed by atoms with Crippen LogP contribution in [0.3, 0.4) is 0 Å². The van der Waals surface area contributed by atoms with Crippen molar-refractivity contribution in [3.63, 3.8) is 0 Å². The number of rotatable bonds is 6. The lowest BCUT2D eigenvalue weighted by Crippen LogP contribution is -2.13. The molecule has 0 amide bonds. The number of benzene rings is 1. The Bertz CT molecular complexity index is 1030. The Morgan fingerprint density at radius 3 is 2.81 bits per heavy atom. The number of carbonyl (C=O) groups is 1. The topological polar surface area (TPSA) is 113 Å². The number of non-ortho nitro benzene ring substituents is 1. The number of nitrogens with zero attached hydrogens (tertiary/aromatic N) is 5. The monoisotopic (exact) mass is 387 g/mol. The maximum Gasteiger partial charge on any atom is 0.310 e. The van der Waals surface area contributed by atoms with Crippen LogP contribution in [0, 0.1) is 24.0 Å². The third kappa shape index (κ3) is 4.05. The summed E-state index contributed by atoms with van der Waals surface area (Å²) in [7, 11) is 0. The van der Waals surface area contributed by atoms with Gasteiger partial charge in [-0.25, -0.2) is 9.50 Å². The molecule has 10 heteroatoms. The Morgan fingerprint density at radius 1 is 1.33 bits per heavy atom. The lowest BCUT2D eigenvalue weighted by molar-refractivity contribution is -0.384. The summed E-state index contributed by atoms with van der Waals surface area (Å²) in [6, 6.07) is 6.00. The van der Waals surface area contributed by atoms with Gasteiger partial charge in [0.25, 0.3) is 11.5 Å². The minimum atomic E-state index is -0.486. The molecule has 0 aliphatic heterocycles. The van der Waals surface area contributed by atoms with Crippen LogP contribution in [-0.4, -0.2) is 36.7 Å². The Morgan fingerprint density at radius 2 is 2.11 bits per heavy atom. The highest BCUT2D eigenvalue weighted by atomic mass is 32.2. The molecule has 0 aliphatic carbocycles. The van der Waals surface area contributed by atoms with E-state index in [-0.39, 0.29) is 18.7 Å². The fourth-order valence-electron chi connectivity index (χ4n) is 2.65. The van der Waals surface area contributed by atoms with Crippen molar-refractivity contribution in [2.75, 3.05) is 6.26 Å². The van der Waals surface area contributed by atoms with Gasteiger partial charge in [0.1, 0.15) is 6.61 Å². The average molecular weight is 387 g/mol. The second-order valence-corrected chi connectivity index (χ2v) is 6.61. The van der Waals surface area contributed by atoms with E-state index < -0.39 is 10.9 Å². The molecule has 2 heterocycles. The number of fused-ring (bicyclic) bond motifs is 1. The minimum Gasteiger partial charge on any atom is -0.461 e. The molecular formula is C17H17N5O4S. The summed E-state index contributed by atoms with van der Waals surface area (Å²) < 4.78 is 6.89. The molecular weight excluding hydrogens is 370 g/mol. The highest BCUT2D eigenvalue weighted by Gasteiger charge is 2.17. The van der Waals surface area contributed by atoms with Gasteiger partial charge in [0.05, 0.1) is 11.3 Å². The van der Waals surface area contributed by atoms with E-state index in [1.807, 2.05) is 20.1 Å². The lowest BCUT2D eigenvalue weighted by atomic mass is 10.1. The summed E-state index contributed by atoms with van der Waals surface area (Å²) in [5, 5.41) is 15.8. The zero-order valence-electron chi connectivity index (χ0n) is 15.0. The molecule has 0 N–H and O–H groups in total. The summed E-state index contributed by atoms with van der Waals surface area (Å²) in [5.41, 5.74) is 2.70. The highest BCUT2D eigenvalue weighted by molar-refractivity contribution is 7.98. The predicted octanol–water partition coefficient (Wildman–Crippen LogP) is 2.66. The fraction of sp³-hybridized carbons (Fsp3) is 0.294. The van der Waals surface area contributed by atoms with Gasteiger partial charge in [0.15, 0.2) is 0 Å². The number of thioether (sulfide) groups is 1. The van der Waals surface area contributed by atoms with E-state index in [2.05, 4.69) is 15.1 Å². The number of aryl methyl sites for hydroxylation is 2. The average Bonchev–Trinajstić information content (AvgIpc) is 3.07. The molecule has 27 heavy (non-hydrogen) atoms. The van der Waals surface area contributed by atoms with Crippen molar-refractivity contribution < 1.29 is 14.5 Å². The van der Waals surface area contributed by atoms with E-state index >= 15 is 0 Å². The molecule has 0 saturated carbocycles. The number of esters is 1. The maximum atomic E-state index is 12.3. The Balaban J connectivity index is 1.74. The number of ether oxygens (including phenoxy) is 1. The van der Waals surface area contributed by atoms with Gasteiger partial charge in [-0.1, -0.05) is 23.9 Å². The van der Waals surface area contributed by atoms with Crippen LogP contribution < -0.4 is 0 Å². The standard InChI is InChI=1S/C17H17N5O4S/c1-10-14(11(2)21-16(18-10)19-17(20-21)27-3)8-15(23)26-9-12-5-4-6-13(7-12)22(24)25/h4-7H,8-9H2,1-3H3.